The third-order valence-corrected chi connectivity index (χ3v) is 5.43. The standard InChI is InChI=1S/C23H24N2O6/c1-23(2)24(13-15-5-9-17(10-6-15)21(28)30-3)19(26)20(27)25(23)14-16-7-11-18(12-8-16)22(29)31-4/h5-12H,13-14H2,1-4H3. The molecule has 1 fully saturated rings. The van der Waals surface area contributed by atoms with Crippen LogP contribution in [-0.4, -0.2) is 53.4 Å². The molecule has 2 amide bonds. The minimum absolute atomic E-state index is 0.219. The molecule has 3 rings (SSSR count). The second-order valence-corrected chi connectivity index (χ2v) is 7.65. The predicted molar refractivity (Wildman–Crippen MR) is 111 cm³/mol. The van der Waals surface area contributed by atoms with Crippen LogP contribution in [0.15, 0.2) is 48.5 Å². The van der Waals surface area contributed by atoms with Gasteiger partial charge in [-0.2, -0.15) is 0 Å². The van der Waals surface area contributed by atoms with Crippen molar-refractivity contribution in [2.45, 2.75) is 32.6 Å². The van der Waals surface area contributed by atoms with Gasteiger partial charge in [-0.1, -0.05) is 24.3 Å². The molecule has 0 spiro atoms. The van der Waals surface area contributed by atoms with Gasteiger partial charge in [0.1, 0.15) is 5.66 Å². The van der Waals surface area contributed by atoms with E-state index in [1.165, 1.54) is 24.0 Å². The Morgan fingerprint density at radius 2 is 1.03 bits per heavy atom. The van der Waals surface area contributed by atoms with Gasteiger partial charge in [0.05, 0.1) is 25.3 Å². The quantitative estimate of drug-likeness (QED) is 0.522. The highest BCUT2D eigenvalue weighted by Crippen LogP contribution is 2.31. The number of rotatable bonds is 6. The fraction of sp³-hybridized carbons (Fsp3) is 0.304. The van der Waals surface area contributed by atoms with E-state index < -0.39 is 29.4 Å². The third kappa shape index (κ3) is 4.28. The predicted octanol–water partition coefficient (Wildman–Crippen LogP) is 2.37. The molecule has 0 saturated carbocycles. The number of methoxy groups -OCH3 is 2. The first kappa shape index (κ1) is 22.0. The van der Waals surface area contributed by atoms with E-state index in [-0.39, 0.29) is 13.1 Å². The molecule has 0 aromatic heterocycles. The van der Waals surface area contributed by atoms with E-state index in [1.807, 2.05) is 0 Å². The highest BCUT2D eigenvalue weighted by molar-refractivity contribution is 6.37. The molecule has 2 aromatic rings. The summed E-state index contributed by atoms with van der Waals surface area (Å²) in [5.74, 6) is -2.06. The van der Waals surface area contributed by atoms with Crippen molar-refractivity contribution >= 4 is 23.8 Å². The average Bonchev–Trinajstić information content (AvgIpc) is 2.93. The molecule has 1 aliphatic rings. The first-order chi connectivity index (χ1) is 14.7. The zero-order valence-electron chi connectivity index (χ0n) is 17.9. The molecular weight excluding hydrogens is 400 g/mol. The average molecular weight is 424 g/mol. The van der Waals surface area contributed by atoms with Gasteiger partial charge in [0.2, 0.25) is 0 Å². The fourth-order valence-corrected chi connectivity index (χ4v) is 3.50. The summed E-state index contributed by atoms with van der Waals surface area (Å²) in [7, 11) is 2.62. The van der Waals surface area contributed by atoms with Gasteiger partial charge < -0.3 is 19.3 Å². The summed E-state index contributed by atoms with van der Waals surface area (Å²) < 4.78 is 9.38. The van der Waals surface area contributed by atoms with Crippen LogP contribution in [0.1, 0.15) is 45.7 Å². The lowest BCUT2D eigenvalue weighted by Crippen LogP contribution is -2.48. The van der Waals surface area contributed by atoms with Crippen LogP contribution in [0.5, 0.6) is 0 Å². The Morgan fingerprint density at radius 3 is 1.32 bits per heavy atom. The van der Waals surface area contributed by atoms with Crippen LogP contribution in [-0.2, 0) is 32.2 Å². The highest BCUT2D eigenvalue weighted by Gasteiger charge is 2.50. The number of ether oxygens (including phenoxy) is 2. The van der Waals surface area contributed by atoms with Gasteiger partial charge in [-0.25, -0.2) is 9.59 Å². The zero-order chi connectivity index (χ0) is 22.8. The molecule has 31 heavy (non-hydrogen) atoms. The van der Waals surface area contributed by atoms with Gasteiger partial charge in [0.25, 0.3) is 0 Å². The normalized spacial score (nSPS) is 15.2. The summed E-state index contributed by atoms with van der Waals surface area (Å²) in [5, 5.41) is 0. The maximum atomic E-state index is 12.7. The molecule has 0 unspecified atom stereocenters. The molecule has 0 aliphatic carbocycles. The van der Waals surface area contributed by atoms with Gasteiger partial charge in [-0.15, -0.1) is 0 Å². The van der Waals surface area contributed by atoms with Crippen LogP contribution in [0, 0.1) is 0 Å². The monoisotopic (exact) mass is 424 g/mol. The molecule has 0 atom stereocenters. The largest absolute Gasteiger partial charge is 0.465 e. The smallest absolute Gasteiger partial charge is 0.337 e. The van der Waals surface area contributed by atoms with Crippen molar-refractivity contribution in [2.24, 2.45) is 0 Å². The SMILES string of the molecule is COC(=O)c1ccc(CN2C(=O)C(=O)N(Cc3ccc(C(=O)OC)cc3)C2(C)C)cc1. The van der Waals surface area contributed by atoms with Crippen molar-refractivity contribution in [3.63, 3.8) is 0 Å². The molecule has 0 radical (unpaired) electrons. The molecule has 0 N–H and O–H groups in total. The van der Waals surface area contributed by atoms with Crippen LogP contribution >= 0.6 is 0 Å². The lowest BCUT2D eigenvalue weighted by Gasteiger charge is -2.37. The van der Waals surface area contributed by atoms with Gasteiger partial charge >= 0.3 is 23.8 Å². The molecule has 1 saturated heterocycles. The Kier molecular flexibility index (Phi) is 6.10. The van der Waals surface area contributed by atoms with Gasteiger partial charge in [0.15, 0.2) is 0 Å². The van der Waals surface area contributed by atoms with E-state index in [1.54, 1.807) is 62.4 Å². The van der Waals surface area contributed by atoms with Crippen LogP contribution in [0.2, 0.25) is 0 Å². The fourth-order valence-electron chi connectivity index (χ4n) is 3.50. The second kappa shape index (κ2) is 8.59. The Bertz CT molecular complexity index is 930. The number of carbonyl (C=O) groups is 4. The summed E-state index contributed by atoms with van der Waals surface area (Å²) in [6.45, 7) is 4.05. The number of hydrogen-bond acceptors (Lipinski definition) is 6. The molecule has 8 heteroatoms. The number of amides is 2. The van der Waals surface area contributed by atoms with E-state index in [2.05, 4.69) is 0 Å². The molecular formula is C23H24N2O6. The Balaban J connectivity index is 1.77. The minimum Gasteiger partial charge on any atom is -0.465 e. The van der Waals surface area contributed by atoms with Crippen molar-refractivity contribution in [3.8, 4) is 0 Å². The zero-order valence-corrected chi connectivity index (χ0v) is 17.9. The molecule has 162 valence electrons. The Labute approximate surface area is 180 Å². The highest BCUT2D eigenvalue weighted by atomic mass is 16.5. The molecule has 1 heterocycles. The van der Waals surface area contributed by atoms with Crippen LogP contribution < -0.4 is 0 Å². The lowest BCUT2D eigenvalue weighted by atomic mass is 10.1. The second-order valence-electron chi connectivity index (χ2n) is 7.65. The minimum atomic E-state index is -0.865. The molecule has 2 aromatic carbocycles. The van der Waals surface area contributed by atoms with Crippen molar-refractivity contribution in [1.29, 1.82) is 0 Å². The molecule has 8 nitrogen and oxygen atoms in total. The first-order valence-corrected chi connectivity index (χ1v) is 9.67. The van der Waals surface area contributed by atoms with Gasteiger partial charge in [0, 0.05) is 13.1 Å². The van der Waals surface area contributed by atoms with Crippen LogP contribution in [0.25, 0.3) is 0 Å². The topological polar surface area (TPSA) is 93.2 Å². The van der Waals surface area contributed by atoms with Crippen LogP contribution in [0.3, 0.4) is 0 Å². The summed E-state index contributed by atoms with van der Waals surface area (Å²) in [6, 6.07) is 13.4. The van der Waals surface area contributed by atoms with Crippen LogP contribution in [0.4, 0.5) is 0 Å². The number of carbonyl (C=O) groups excluding carboxylic acids is 4. The third-order valence-electron chi connectivity index (χ3n) is 5.43. The summed E-state index contributed by atoms with van der Waals surface area (Å²) in [6.07, 6.45) is 0. The summed E-state index contributed by atoms with van der Waals surface area (Å²) in [4.78, 5) is 51.7. The Hall–Kier alpha value is -3.68. The van der Waals surface area contributed by atoms with Crippen molar-refractivity contribution in [3.05, 3.63) is 70.8 Å². The maximum Gasteiger partial charge on any atom is 0.337 e. The van der Waals surface area contributed by atoms with Crippen molar-refractivity contribution < 1.29 is 28.7 Å². The van der Waals surface area contributed by atoms with E-state index >= 15 is 0 Å². The van der Waals surface area contributed by atoms with Gasteiger partial charge in [-0.05, 0) is 49.2 Å². The molecule has 0 bridgehead atoms. The number of nitrogens with zero attached hydrogens (tertiary/aromatic N) is 2. The summed E-state index contributed by atoms with van der Waals surface area (Å²) in [5.41, 5.74) is 1.52. The number of benzene rings is 2. The maximum absolute atomic E-state index is 12.7. The lowest BCUT2D eigenvalue weighted by molar-refractivity contribution is -0.143. The van der Waals surface area contributed by atoms with E-state index in [9.17, 15) is 19.2 Å². The Morgan fingerprint density at radius 1 is 0.710 bits per heavy atom. The number of hydrogen-bond donors (Lipinski definition) is 0. The number of esters is 2. The molecule has 1 aliphatic heterocycles. The van der Waals surface area contributed by atoms with Crippen molar-refractivity contribution in [2.75, 3.05) is 14.2 Å². The first-order valence-electron chi connectivity index (χ1n) is 9.67. The van der Waals surface area contributed by atoms with E-state index in [4.69, 9.17) is 9.47 Å². The van der Waals surface area contributed by atoms with Gasteiger partial charge in [-0.3, -0.25) is 9.59 Å². The van der Waals surface area contributed by atoms with Crippen molar-refractivity contribution in [1.82, 2.24) is 9.80 Å². The van der Waals surface area contributed by atoms with E-state index in [0.29, 0.717) is 11.1 Å². The van der Waals surface area contributed by atoms with E-state index in [0.717, 1.165) is 11.1 Å². The summed E-state index contributed by atoms with van der Waals surface area (Å²) >= 11 is 0.